The highest BCUT2D eigenvalue weighted by atomic mass is 16.4. The summed E-state index contributed by atoms with van der Waals surface area (Å²) in [6.45, 7) is 0.445. The van der Waals surface area contributed by atoms with Gasteiger partial charge in [0.2, 0.25) is 0 Å². The Morgan fingerprint density at radius 3 is 2.64 bits per heavy atom. The SMILES string of the molecule is N=CC(=O)NCCCCC(N)C(=O)O. The lowest BCUT2D eigenvalue weighted by molar-refractivity contribution is -0.138. The van der Waals surface area contributed by atoms with Crippen molar-refractivity contribution < 1.29 is 14.7 Å². The first kappa shape index (κ1) is 12.6. The summed E-state index contributed by atoms with van der Waals surface area (Å²) in [6.07, 6.45) is 2.41. The van der Waals surface area contributed by atoms with Gasteiger partial charge in [-0.2, -0.15) is 0 Å². The molecule has 6 nitrogen and oxygen atoms in total. The lowest BCUT2D eigenvalue weighted by atomic mass is 10.1. The van der Waals surface area contributed by atoms with E-state index in [1.54, 1.807) is 0 Å². The van der Waals surface area contributed by atoms with Crippen molar-refractivity contribution in [2.45, 2.75) is 25.3 Å². The molecule has 1 unspecified atom stereocenters. The fourth-order valence-electron chi connectivity index (χ4n) is 0.875. The summed E-state index contributed by atoms with van der Waals surface area (Å²) in [5, 5.41) is 17.5. The molecular weight excluding hydrogens is 186 g/mol. The number of carbonyl (C=O) groups is 2. The summed E-state index contributed by atoms with van der Waals surface area (Å²) in [5.74, 6) is -1.44. The van der Waals surface area contributed by atoms with Crippen LogP contribution in [0, 0.1) is 5.41 Å². The predicted molar refractivity (Wildman–Crippen MR) is 51.3 cm³/mol. The van der Waals surface area contributed by atoms with Crippen molar-refractivity contribution in [3.63, 3.8) is 0 Å². The number of nitrogens with one attached hydrogen (secondary N) is 2. The summed E-state index contributed by atoms with van der Waals surface area (Å²) >= 11 is 0. The van der Waals surface area contributed by atoms with Gasteiger partial charge in [-0.05, 0) is 19.3 Å². The Hall–Kier alpha value is -1.43. The van der Waals surface area contributed by atoms with Crippen molar-refractivity contribution in [3.8, 4) is 0 Å². The number of hydrogen-bond donors (Lipinski definition) is 4. The minimum Gasteiger partial charge on any atom is -0.480 e. The Balaban J connectivity index is 3.34. The van der Waals surface area contributed by atoms with E-state index in [-0.39, 0.29) is 0 Å². The van der Waals surface area contributed by atoms with E-state index in [4.69, 9.17) is 16.2 Å². The number of rotatable bonds is 7. The highest BCUT2D eigenvalue weighted by molar-refractivity contribution is 6.24. The molecule has 0 saturated heterocycles. The molecule has 80 valence electrons. The largest absolute Gasteiger partial charge is 0.480 e. The second-order valence-corrected chi connectivity index (χ2v) is 2.88. The fourth-order valence-corrected chi connectivity index (χ4v) is 0.875. The number of aliphatic carboxylic acids is 1. The van der Waals surface area contributed by atoms with Crippen molar-refractivity contribution in [1.29, 1.82) is 5.41 Å². The highest BCUT2D eigenvalue weighted by Gasteiger charge is 2.09. The van der Waals surface area contributed by atoms with Crippen molar-refractivity contribution in [2.24, 2.45) is 5.73 Å². The molecule has 0 aliphatic carbocycles. The maximum Gasteiger partial charge on any atom is 0.320 e. The Labute approximate surface area is 82.0 Å². The molecule has 1 atom stereocenters. The quantitative estimate of drug-likeness (QED) is 0.323. The maximum absolute atomic E-state index is 10.5. The van der Waals surface area contributed by atoms with Crippen molar-refractivity contribution >= 4 is 18.1 Å². The summed E-state index contributed by atoms with van der Waals surface area (Å²) in [5.41, 5.74) is 5.26. The van der Waals surface area contributed by atoms with Gasteiger partial charge < -0.3 is 21.6 Å². The molecule has 0 fully saturated rings. The number of nitrogens with two attached hydrogens (primary N) is 1. The van der Waals surface area contributed by atoms with Gasteiger partial charge in [-0.3, -0.25) is 9.59 Å². The van der Waals surface area contributed by atoms with Gasteiger partial charge >= 0.3 is 5.97 Å². The lowest BCUT2D eigenvalue weighted by Gasteiger charge is -2.05. The molecule has 0 aliphatic heterocycles. The van der Waals surface area contributed by atoms with Gasteiger partial charge in [0, 0.05) is 6.54 Å². The standard InChI is InChI=1S/C8H15N3O3/c9-5-7(12)11-4-2-1-3-6(10)8(13)14/h5-6,9H,1-4,10H2,(H,11,12)(H,13,14). The van der Waals surface area contributed by atoms with Crippen molar-refractivity contribution in [3.05, 3.63) is 0 Å². The summed E-state index contributed by atoms with van der Waals surface area (Å²) in [7, 11) is 0. The summed E-state index contributed by atoms with van der Waals surface area (Å²) in [6, 6.07) is -0.826. The van der Waals surface area contributed by atoms with Crippen LogP contribution in [-0.4, -0.2) is 35.8 Å². The third-order valence-electron chi connectivity index (χ3n) is 1.69. The van der Waals surface area contributed by atoms with E-state index in [1.165, 1.54) is 0 Å². The Bertz CT molecular complexity index is 218. The number of unbranched alkanes of at least 4 members (excludes halogenated alkanes) is 1. The number of carboxylic acid groups (broad SMARTS) is 1. The first-order valence-electron chi connectivity index (χ1n) is 4.34. The second kappa shape index (κ2) is 7.02. The van der Waals surface area contributed by atoms with Crippen LogP contribution in [-0.2, 0) is 9.59 Å². The van der Waals surface area contributed by atoms with E-state index < -0.39 is 17.9 Å². The number of amides is 1. The van der Waals surface area contributed by atoms with Crippen molar-refractivity contribution in [2.75, 3.05) is 6.54 Å². The molecule has 0 aliphatic rings. The number of carbonyl (C=O) groups excluding carboxylic acids is 1. The van der Waals surface area contributed by atoms with E-state index in [2.05, 4.69) is 5.32 Å². The van der Waals surface area contributed by atoms with Crippen molar-refractivity contribution in [1.82, 2.24) is 5.32 Å². The van der Waals surface area contributed by atoms with Gasteiger partial charge in [0.05, 0.1) is 6.21 Å². The van der Waals surface area contributed by atoms with Crippen LogP contribution in [0.5, 0.6) is 0 Å². The second-order valence-electron chi connectivity index (χ2n) is 2.88. The molecular formula is C8H15N3O3. The zero-order valence-electron chi connectivity index (χ0n) is 7.82. The number of carboxylic acids is 1. The van der Waals surface area contributed by atoms with Gasteiger partial charge in [-0.1, -0.05) is 0 Å². The van der Waals surface area contributed by atoms with Crippen LogP contribution in [0.2, 0.25) is 0 Å². The zero-order chi connectivity index (χ0) is 11.0. The molecule has 0 spiro atoms. The normalized spacial score (nSPS) is 11.8. The summed E-state index contributed by atoms with van der Waals surface area (Å²) < 4.78 is 0. The molecule has 6 heteroatoms. The average Bonchev–Trinajstić information content (AvgIpc) is 2.16. The van der Waals surface area contributed by atoms with E-state index in [0.29, 0.717) is 32.0 Å². The Morgan fingerprint density at radius 2 is 2.14 bits per heavy atom. The highest BCUT2D eigenvalue weighted by Crippen LogP contribution is 1.97. The van der Waals surface area contributed by atoms with Gasteiger partial charge in [-0.15, -0.1) is 0 Å². The molecule has 0 saturated carbocycles. The monoisotopic (exact) mass is 201 g/mol. The zero-order valence-corrected chi connectivity index (χ0v) is 7.82. The van der Waals surface area contributed by atoms with Gasteiger partial charge in [0.15, 0.2) is 0 Å². The molecule has 5 N–H and O–H groups in total. The molecule has 0 aromatic rings. The minimum absolute atomic E-state index is 0.399. The predicted octanol–water partition coefficient (Wildman–Crippen LogP) is -0.666. The molecule has 0 rings (SSSR count). The summed E-state index contributed by atoms with van der Waals surface area (Å²) in [4.78, 5) is 20.8. The van der Waals surface area contributed by atoms with Crippen LogP contribution in [0.4, 0.5) is 0 Å². The molecule has 0 radical (unpaired) electrons. The molecule has 0 heterocycles. The molecule has 0 bridgehead atoms. The third kappa shape index (κ3) is 6.13. The van der Waals surface area contributed by atoms with E-state index in [0.717, 1.165) is 0 Å². The molecule has 1 amide bonds. The first-order valence-corrected chi connectivity index (χ1v) is 4.34. The van der Waals surface area contributed by atoms with Crippen LogP contribution >= 0.6 is 0 Å². The average molecular weight is 201 g/mol. The van der Waals surface area contributed by atoms with Crippen LogP contribution in [0.15, 0.2) is 0 Å². The minimum atomic E-state index is -1.01. The van der Waals surface area contributed by atoms with E-state index in [1.807, 2.05) is 0 Å². The Kier molecular flexibility index (Phi) is 6.30. The smallest absolute Gasteiger partial charge is 0.320 e. The topological polar surface area (TPSA) is 116 Å². The molecule has 0 aromatic heterocycles. The van der Waals surface area contributed by atoms with Crippen LogP contribution in [0.1, 0.15) is 19.3 Å². The fraction of sp³-hybridized carbons (Fsp3) is 0.625. The van der Waals surface area contributed by atoms with E-state index in [9.17, 15) is 9.59 Å². The number of hydrogen-bond acceptors (Lipinski definition) is 4. The van der Waals surface area contributed by atoms with Crippen LogP contribution in [0.3, 0.4) is 0 Å². The van der Waals surface area contributed by atoms with Gasteiger partial charge in [-0.25, -0.2) is 0 Å². The van der Waals surface area contributed by atoms with Crippen LogP contribution in [0.25, 0.3) is 0 Å². The molecule has 0 aromatic carbocycles. The molecule has 14 heavy (non-hydrogen) atoms. The maximum atomic E-state index is 10.5. The first-order chi connectivity index (χ1) is 6.57. The van der Waals surface area contributed by atoms with E-state index >= 15 is 0 Å². The van der Waals surface area contributed by atoms with Gasteiger partial charge in [0.1, 0.15) is 6.04 Å². The third-order valence-corrected chi connectivity index (χ3v) is 1.69. The van der Waals surface area contributed by atoms with Gasteiger partial charge in [0.25, 0.3) is 5.91 Å². The lowest BCUT2D eigenvalue weighted by Crippen LogP contribution is -2.30. The Morgan fingerprint density at radius 1 is 1.50 bits per heavy atom. The van der Waals surface area contributed by atoms with Crippen LogP contribution < -0.4 is 11.1 Å².